The molecule has 4 heterocycles. The number of amides is 2. The molecule has 28 heavy (non-hydrogen) atoms. The molecule has 8 nitrogen and oxygen atoms in total. The molecule has 150 valence electrons. The average Bonchev–Trinajstić information content (AvgIpc) is 3.49. The lowest BCUT2D eigenvalue weighted by molar-refractivity contribution is -0.134. The summed E-state index contributed by atoms with van der Waals surface area (Å²) < 4.78 is 5.26. The van der Waals surface area contributed by atoms with Crippen molar-refractivity contribution in [3.63, 3.8) is 0 Å². The highest BCUT2D eigenvalue weighted by atomic mass is 32.1. The van der Waals surface area contributed by atoms with E-state index in [1.54, 1.807) is 11.3 Å². The molecule has 0 atom stereocenters. The standard InChI is InChI=1S/C19H25N5O3S/c25-17(6-5-16-20-19(21-27-16)15-4-3-13-28-15)24-11-9-22(10-12-24)14-18(26)23-7-1-2-8-23/h3-4,13H,1-2,5-12,14H2. The average molecular weight is 404 g/mol. The Labute approximate surface area is 168 Å². The molecule has 2 aromatic heterocycles. The largest absolute Gasteiger partial charge is 0.342 e. The van der Waals surface area contributed by atoms with E-state index in [0.29, 0.717) is 44.2 Å². The summed E-state index contributed by atoms with van der Waals surface area (Å²) in [6.45, 7) is 5.06. The molecule has 2 aliphatic rings. The Morgan fingerprint density at radius 2 is 1.79 bits per heavy atom. The SMILES string of the molecule is O=C(CCc1nc(-c2cccs2)no1)N1CCN(CC(=O)N2CCCC2)CC1. The van der Waals surface area contributed by atoms with Gasteiger partial charge in [0.25, 0.3) is 0 Å². The Kier molecular flexibility index (Phi) is 6.01. The van der Waals surface area contributed by atoms with Crippen molar-refractivity contribution in [2.75, 3.05) is 45.8 Å². The van der Waals surface area contributed by atoms with Gasteiger partial charge >= 0.3 is 0 Å². The maximum Gasteiger partial charge on any atom is 0.236 e. The number of piperazine rings is 1. The second-order valence-corrected chi connectivity index (χ2v) is 8.18. The summed E-state index contributed by atoms with van der Waals surface area (Å²) in [6, 6.07) is 3.89. The number of likely N-dealkylation sites (tertiary alicyclic amines) is 1. The van der Waals surface area contributed by atoms with Gasteiger partial charge in [-0.05, 0) is 24.3 Å². The van der Waals surface area contributed by atoms with Crippen LogP contribution in [0.4, 0.5) is 0 Å². The van der Waals surface area contributed by atoms with Crippen molar-refractivity contribution in [2.24, 2.45) is 0 Å². The van der Waals surface area contributed by atoms with Crippen LogP contribution < -0.4 is 0 Å². The van der Waals surface area contributed by atoms with Crippen LogP contribution in [0, 0.1) is 0 Å². The predicted octanol–water partition coefficient (Wildman–Crippen LogP) is 1.50. The molecule has 9 heteroatoms. The van der Waals surface area contributed by atoms with Gasteiger partial charge in [-0.1, -0.05) is 11.2 Å². The number of hydrogen-bond acceptors (Lipinski definition) is 7. The van der Waals surface area contributed by atoms with E-state index in [4.69, 9.17) is 4.52 Å². The molecule has 0 N–H and O–H groups in total. The highest BCUT2D eigenvalue weighted by Crippen LogP contribution is 2.21. The maximum absolute atomic E-state index is 12.5. The predicted molar refractivity (Wildman–Crippen MR) is 105 cm³/mol. The van der Waals surface area contributed by atoms with Gasteiger partial charge in [0.1, 0.15) is 0 Å². The lowest BCUT2D eigenvalue weighted by Crippen LogP contribution is -2.51. The van der Waals surface area contributed by atoms with Crippen LogP contribution in [0.15, 0.2) is 22.0 Å². The van der Waals surface area contributed by atoms with Crippen molar-refractivity contribution in [3.05, 3.63) is 23.4 Å². The van der Waals surface area contributed by atoms with Crippen molar-refractivity contribution < 1.29 is 14.1 Å². The van der Waals surface area contributed by atoms with Gasteiger partial charge in [-0.2, -0.15) is 4.98 Å². The zero-order chi connectivity index (χ0) is 19.3. The van der Waals surface area contributed by atoms with Gasteiger partial charge < -0.3 is 14.3 Å². The fourth-order valence-electron chi connectivity index (χ4n) is 3.65. The monoisotopic (exact) mass is 403 g/mol. The summed E-state index contributed by atoms with van der Waals surface area (Å²) in [7, 11) is 0. The van der Waals surface area contributed by atoms with Gasteiger partial charge in [0.2, 0.25) is 23.5 Å². The van der Waals surface area contributed by atoms with Gasteiger partial charge in [0.05, 0.1) is 11.4 Å². The first-order valence-electron chi connectivity index (χ1n) is 9.83. The van der Waals surface area contributed by atoms with Crippen LogP contribution in [0.5, 0.6) is 0 Å². The first kappa shape index (κ1) is 19.1. The van der Waals surface area contributed by atoms with E-state index in [0.717, 1.165) is 43.9 Å². The lowest BCUT2D eigenvalue weighted by Gasteiger charge is -2.35. The molecular weight excluding hydrogens is 378 g/mol. The van der Waals surface area contributed by atoms with E-state index >= 15 is 0 Å². The second-order valence-electron chi connectivity index (χ2n) is 7.23. The first-order valence-corrected chi connectivity index (χ1v) is 10.7. The molecule has 2 fully saturated rings. The molecule has 2 aliphatic heterocycles. The summed E-state index contributed by atoms with van der Waals surface area (Å²) >= 11 is 1.56. The molecule has 2 aromatic rings. The molecule has 4 rings (SSSR count). The van der Waals surface area contributed by atoms with Crippen molar-refractivity contribution in [2.45, 2.75) is 25.7 Å². The minimum Gasteiger partial charge on any atom is -0.342 e. The molecule has 0 spiro atoms. The van der Waals surface area contributed by atoms with Gasteiger partial charge in [-0.15, -0.1) is 11.3 Å². The lowest BCUT2D eigenvalue weighted by atomic mass is 10.2. The Morgan fingerprint density at radius 3 is 2.50 bits per heavy atom. The van der Waals surface area contributed by atoms with Crippen LogP contribution in [0.25, 0.3) is 10.7 Å². The number of nitrogens with zero attached hydrogens (tertiary/aromatic N) is 5. The minimum absolute atomic E-state index is 0.0985. The molecule has 0 radical (unpaired) electrons. The molecule has 0 aliphatic carbocycles. The molecule has 0 saturated carbocycles. The zero-order valence-corrected chi connectivity index (χ0v) is 16.7. The van der Waals surface area contributed by atoms with Crippen molar-refractivity contribution in [1.82, 2.24) is 24.8 Å². The van der Waals surface area contributed by atoms with E-state index in [1.165, 1.54) is 0 Å². The number of carbonyl (C=O) groups is 2. The summed E-state index contributed by atoms with van der Waals surface area (Å²) in [4.78, 5) is 36.0. The van der Waals surface area contributed by atoms with Crippen LogP contribution >= 0.6 is 11.3 Å². The Bertz CT molecular complexity index is 792. The number of thiophene rings is 1. The molecular formula is C19H25N5O3S. The van der Waals surface area contributed by atoms with Crippen LogP contribution in [0.3, 0.4) is 0 Å². The van der Waals surface area contributed by atoms with Crippen LogP contribution in [0.2, 0.25) is 0 Å². The zero-order valence-electron chi connectivity index (χ0n) is 15.9. The van der Waals surface area contributed by atoms with Crippen molar-refractivity contribution in [1.29, 1.82) is 0 Å². The third-order valence-electron chi connectivity index (χ3n) is 5.31. The summed E-state index contributed by atoms with van der Waals surface area (Å²) in [5, 5.41) is 5.94. The van der Waals surface area contributed by atoms with E-state index < -0.39 is 0 Å². The smallest absolute Gasteiger partial charge is 0.236 e. The molecule has 0 unspecified atom stereocenters. The van der Waals surface area contributed by atoms with E-state index in [2.05, 4.69) is 15.0 Å². The molecule has 2 amide bonds. The van der Waals surface area contributed by atoms with Crippen LogP contribution in [-0.2, 0) is 16.0 Å². The van der Waals surface area contributed by atoms with E-state index in [-0.39, 0.29) is 11.8 Å². The van der Waals surface area contributed by atoms with E-state index in [9.17, 15) is 9.59 Å². The summed E-state index contributed by atoms with van der Waals surface area (Å²) in [5.41, 5.74) is 0. The Hall–Kier alpha value is -2.26. The molecule has 0 bridgehead atoms. The molecule has 2 saturated heterocycles. The number of aryl methyl sites for hydroxylation is 1. The molecule has 0 aromatic carbocycles. The number of carbonyl (C=O) groups excluding carboxylic acids is 2. The number of hydrogen-bond donors (Lipinski definition) is 0. The normalized spacial score (nSPS) is 18.0. The Balaban J connectivity index is 1.19. The van der Waals surface area contributed by atoms with E-state index in [1.807, 2.05) is 27.3 Å². The highest BCUT2D eigenvalue weighted by Gasteiger charge is 2.25. The summed E-state index contributed by atoms with van der Waals surface area (Å²) in [6.07, 6.45) is 3.04. The topological polar surface area (TPSA) is 82.8 Å². The first-order chi connectivity index (χ1) is 13.7. The van der Waals surface area contributed by atoms with Crippen molar-refractivity contribution in [3.8, 4) is 10.7 Å². The van der Waals surface area contributed by atoms with Gasteiger partial charge in [-0.25, -0.2) is 0 Å². The fraction of sp³-hybridized carbons (Fsp3) is 0.579. The fourth-order valence-corrected chi connectivity index (χ4v) is 4.30. The highest BCUT2D eigenvalue weighted by molar-refractivity contribution is 7.13. The van der Waals surface area contributed by atoms with Crippen LogP contribution in [0.1, 0.15) is 25.2 Å². The third-order valence-corrected chi connectivity index (χ3v) is 6.17. The number of aromatic nitrogens is 2. The van der Waals surface area contributed by atoms with Gasteiger partial charge in [0.15, 0.2) is 0 Å². The third kappa shape index (κ3) is 4.59. The Morgan fingerprint density at radius 1 is 1.04 bits per heavy atom. The summed E-state index contributed by atoms with van der Waals surface area (Å²) in [5.74, 6) is 1.39. The quantitative estimate of drug-likeness (QED) is 0.727. The van der Waals surface area contributed by atoms with Gasteiger partial charge in [-0.3, -0.25) is 14.5 Å². The number of rotatable bonds is 6. The van der Waals surface area contributed by atoms with Gasteiger partial charge in [0, 0.05) is 52.1 Å². The maximum atomic E-state index is 12.5. The minimum atomic E-state index is 0.0985. The van der Waals surface area contributed by atoms with Crippen LogP contribution in [-0.4, -0.2) is 82.5 Å². The second kappa shape index (κ2) is 8.83. The van der Waals surface area contributed by atoms with Crippen molar-refractivity contribution >= 4 is 23.2 Å².